The lowest BCUT2D eigenvalue weighted by molar-refractivity contribution is 0.768. The number of hydrogen-bond donors (Lipinski definition) is 1. The van der Waals surface area contributed by atoms with Gasteiger partial charge in [-0.1, -0.05) is 0 Å². The van der Waals surface area contributed by atoms with Crippen molar-refractivity contribution < 1.29 is 0 Å². The number of nitrogens with zero attached hydrogens (tertiary/aromatic N) is 2. The highest BCUT2D eigenvalue weighted by atomic mass is 15.1. The third-order valence-electron chi connectivity index (χ3n) is 2.47. The number of hydrogen-bond acceptors (Lipinski definition) is 2. The molecule has 0 amide bonds. The molecule has 2 aliphatic rings. The van der Waals surface area contributed by atoms with Crippen molar-refractivity contribution in [2.24, 2.45) is 4.99 Å². The largest absolute Gasteiger partial charge is 0.281 e. The Kier molecular flexibility index (Phi) is 0.695. The van der Waals surface area contributed by atoms with E-state index in [9.17, 15) is 0 Å². The fraction of sp³-hybridized carbons (Fsp3) is 0.250. The molecule has 0 aromatic carbocycles. The van der Waals surface area contributed by atoms with Crippen molar-refractivity contribution in [2.45, 2.75) is 11.8 Å². The third kappa shape index (κ3) is 0.461. The van der Waals surface area contributed by atoms with Crippen LogP contribution in [0, 0.1) is 0 Å². The lowest BCUT2D eigenvalue weighted by Gasteiger charge is -2.09. The van der Waals surface area contributed by atoms with Gasteiger partial charge < -0.3 is 0 Å². The number of rotatable bonds is 0. The lowest BCUT2D eigenvalue weighted by Crippen LogP contribution is -2.09. The molecule has 2 heterocycles. The topological polar surface area (TPSA) is 41.0 Å². The molecular weight excluding hydrogens is 138 g/mol. The van der Waals surface area contributed by atoms with Crippen LogP contribution in [0.5, 0.6) is 0 Å². The van der Waals surface area contributed by atoms with Gasteiger partial charge >= 0.3 is 0 Å². The number of aromatic nitrogens is 2. The van der Waals surface area contributed by atoms with Crippen LogP contribution in [0.15, 0.2) is 23.5 Å². The molecule has 0 saturated carbocycles. The molecule has 1 aliphatic heterocycles. The first-order chi connectivity index (χ1) is 5.43. The Balaban J connectivity index is 2.09. The van der Waals surface area contributed by atoms with Gasteiger partial charge in [-0.3, -0.25) is 10.1 Å². The Labute approximate surface area is 63.8 Å². The Morgan fingerprint density at radius 2 is 2.55 bits per heavy atom. The number of aliphatic imine (C=N–C) groups is 1. The molecule has 1 spiro atoms. The second-order valence-electron chi connectivity index (χ2n) is 2.98. The monoisotopic (exact) mass is 145 g/mol. The zero-order valence-electron chi connectivity index (χ0n) is 5.91. The molecule has 1 unspecified atom stereocenters. The van der Waals surface area contributed by atoms with E-state index in [-0.39, 0.29) is 5.41 Å². The Bertz CT molecular complexity index is 341. The molecule has 0 radical (unpaired) electrons. The van der Waals surface area contributed by atoms with Crippen LogP contribution in [0.1, 0.15) is 17.7 Å². The maximum atomic E-state index is 4.04. The number of aromatic amines is 1. The summed E-state index contributed by atoms with van der Waals surface area (Å²) in [5.41, 5.74) is 2.78. The third-order valence-corrected chi connectivity index (χ3v) is 2.47. The average Bonchev–Trinajstić information content (AvgIpc) is 2.54. The fourth-order valence-corrected chi connectivity index (χ4v) is 1.74. The zero-order valence-corrected chi connectivity index (χ0v) is 5.91. The van der Waals surface area contributed by atoms with Gasteiger partial charge in [0.05, 0.1) is 17.3 Å². The van der Waals surface area contributed by atoms with Crippen LogP contribution in [-0.4, -0.2) is 16.4 Å². The van der Waals surface area contributed by atoms with E-state index in [1.807, 2.05) is 18.6 Å². The van der Waals surface area contributed by atoms with E-state index < -0.39 is 0 Å². The molecule has 0 fully saturated rings. The highest BCUT2D eigenvalue weighted by Gasteiger charge is 2.50. The molecule has 3 rings (SSSR count). The Hall–Kier alpha value is -1.38. The predicted octanol–water partition coefficient (Wildman–Crippen LogP) is 0.997. The molecule has 3 nitrogen and oxygen atoms in total. The molecule has 1 N–H and O–H groups in total. The molecule has 11 heavy (non-hydrogen) atoms. The standard InChI is InChI=1S/C8H7N3/c1-3-9-4-2-8(1)6-5-10-11-7(6)8/h1,3-5H,2H2,(H,10,11). The summed E-state index contributed by atoms with van der Waals surface area (Å²) < 4.78 is 0. The summed E-state index contributed by atoms with van der Waals surface area (Å²) in [5.74, 6) is 0. The maximum Gasteiger partial charge on any atom is 0.0653 e. The van der Waals surface area contributed by atoms with Crippen molar-refractivity contribution in [1.29, 1.82) is 0 Å². The summed E-state index contributed by atoms with van der Waals surface area (Å²) in [6.07, 6.45) is 8.84. The van der Waals surface area contributed by atoms with Gasteiger partial charge in [0.1, 0.15) is 0 Å². The summed E-state index contributed by atoms with van der Waals surface area (Å²) >= 11 is 0. The first kappa shape index (κ1) is 5.29. The Morgan fingerprint density at radius 1 is 1.55 bits per heavy atom. The van der Waals surface area contributed by atoms with E-state index in [4.69, 9.17) is 0 Å². The van der Waals surface area contributed by atoms with Gasteiger partial charge in [0, 0.05) is 24.4 Å². The van der Waals surface area contributed by atoms with Gasteiger partial charge in [0.2, 0.25) is 0 Å². The van der Waals surface area contributed by atoms with E-state index in [1.54, 1.807) is 0 Å². The van der Waals surface area contributed by atoms with Crippen LogP contribution in [0.4, 0.5) is 0 Å². The molecule has 0 bridgehead atoms. The highest BCUT2D eigenvalue weighted by molar-refractivity contribution is 5.73. The zero-order chi connectivity index (χ0) is 7.31. The van der Waals surface area contributed by atoms with Gasteiger partial charge in [0.15, 0.2) is 0 Å². The van der Waals surface area contributed by atoms with Crippen LogP contribution >= 0.6 is 0 Å². The minimum atomic E-state index is 0.184. The molecular formula is C8H7N3. The number of fused-ring (bicyclic) bond motifs is 3. The van der Waals surface area contributed by atoms with Crippen molar-refractivity contribution in [2.75, 3.05) is 0 Å². The van der Waals surface area contributed by atoms with Crippen molar-refractivity contribution in [3.05, 3.63) is 29.7 Å². The smallest absolute Gasteiger partial charge is 0.0653 e. The van der Waals surface area contributed by atoms with E-state index in [2.05, 4.69) is 21.3 Å². The van der Waals surface area contributed by atoms with Crippen LogP contribution < -0.4 is 0 Å². The first-order valence-electron chi connectivity index (χ1n) is 3.67. The molecule has 1 aromatic heterocycles. The number of nitrogens with one attached hydrogen (secondary N) is 1. The van der Waals surface area contributed by atoms with Crippen molar-refractivity contribution in [3.8, 4) is 0 Å². The van der Waals surface area contributed by atoms with E-state index in [0.717, 1.165) is 6.42 Å². The predicted molar refractivity (Wildman–Crippen MR) is 41.6 cm³/mol. The second-order valence-corrected chi connectivity index (χ2v) is 2.98. The van der Waals surface area contributed by atoms with E-state index in [1.165, 1.54) is 11.3 Å². The number of H-pyrrole nitrogens is 1. The maximum absolute atomic E-state index is 4.04. The molecule has 3 heteroatoms. The lowest BCUT2D eigenvalue weighted by atomic mass is 9.97. The molecule has 1 aromatic rings. The second kappa shape index (κ2) is 1.44. The quantitative estimate of drug-likeness (QED) is 0.581. The molecule has 1 aliphatic carbocycles. The summed E-state index contributed by atoms with van der Waals surface area (Å²) in [7, 11) is 0. The molecule has 1 atom stereocenters. The van der Waals surface area contributed by atoms with Crippen LogP contribution in [0.3, 0.4) is 0 Å². The first-order valence-corrected chi connectivity index (χ1v) is 3.67. The highest BCUT2D eigenvalue weighted by Crippen LogP contribution is 2.52. The average molecular weight is 145 g/mol. The van der Waals surface area contributed by atoms with Crippen LogP contribution in [-0.2, 0) is 5.41 Å². The van der Waals surface area contributed by atoms with Crippen molar-refractivity contribution in [1.82, 2.24) is 10.2 Å². The summed E-state index contributed by atoms with van der Waals surface area (Å²) in [6, 6.07) is 0. The van der Waals surface area contributed by atoms with Gasteiger partial charge in [-0.2, -0.15) is 5.10 Å². The molecule has 0 saturated heterocycles. The summed E-state index contributed by atoms with van der Waals surface area (Å²) in [4.78, 5) is 4.04. The molecule has 54 valence electrons. The van der Waals surface area contributed by atoms with Gasteiger partial charge in [0.25, 0.3) is 0 Å². The van der Waals surface area contributed by atoms with E-state index >= 15 is 0 Å². The van der Waals surface area contributed by atoms with E-state index in [0.29, 0.717) is 0 Å². The SMILES string of the molecule is C1=CC2(CC=N1)c1cn[nH]c12. The number of allylic oxidation sites excluding steroid dienone is 1. The van der Waals surface area contributed by atoms with Gasteiger partial charge in [-0.15, -0.1) is 0 Å². The normalized spacial score (nSPS) is 30.9. The summed E-state index contributed by atoms with van der Waals surface area (Å²) in [6.45, 7) is 0. The van der Waals surface area contributed by atoms with Crippen molar-refractivity contribution in [3.63, 3.8) is 0 Å². The minimum absolute atomic E-state index is 0.184. The van der Waals surface area contributed by atoms with Gasteiger partial charge in [-0.05, 0) is 6.08 Å². The van der Waals surface area contributed by atoms with Crippen LogP contribution in [0.2, 0.25) is 0 Å². The Morgan fingerprint density at radius 3 is 3.18 bits per heavy atom. The van der Waals surface area contributed by atoms with Crippen LogP contribution in [0.25, 0.3) is 0 Å². The minimum Gasteiger partial charge on any atom is -0.281 e. The summed E-state index contributed by atoms with van der Waals surface area (Å²) in [5, 5.41) is 6.93. The van der Waals surface area contributed by atoms with Gasteiger partial charge in [-0.25, -0.2) is 0 Å². The van der Waals surface area contributed by atoms with Crippen molar-refractivity contribution >= 4 is 6.21 Å². The fourth-order valence-electron chi connectivity index (χ4n) is 1.74.